The number of benzene rings is 2. The van der Waals surface area contributed by atoms with Crippen LogP contribution in [0, 0.1) is 0 Å². The van der Waals surface area contributed by atoms with Gasteiger partial charge in [-0.15, -0.1) is 0 Å². The highest BCUT2D eigenvalue weighted by Gasteiger charge is 2.32. The van der Waals surface area contributed by atoms with Gasteiger partial charge in [-0.2, -0.15) is 26.3 Å². The molecule has 2 rings (SSSR count). The smallest absolute Gasteiger partial charge is 0.166 e. The summed E-state index contributed by atoms with van der Waals surface area (Å²) in [4.78, 5) is 0. The monoisotopic (exact) mass is 422 g/mol. The summed E-state index contributed by atoms with van der Waals surface area (Å²) in [5, 5.41) is 0.536. The predicted molar refractivity (Wildman–Crippen MR) is 88.4 cm³/mol. The van der Waals surface area contributed by atoms with Crippen LogP contribution in [-0.2, 0) is 12.4 Å². The fraction of sp³-hybridized carbons (Fsp3) is 0.222. The van der Waals surface area contributed by atoms with Crippen molar-refractivity contribution >= 4 is 21.5 Å². The van der Waals surface area contributed by atoms with Gasteiger partial charge in [0.2, 0.25) is 0 Å². The van der Waals surface area contributed by atoms with E-state index >= 15 is 0 Å². The first-order valence-corrected chi connectivity index (χ1v) is 8.36. The van der Waals surface area contributed by atoms with Gasteiger partial charge in [-0.25, -0.2) is 0 Å². The SMILES string of the molecule is FC(F)(F)c1cccc(C(=CCCBr)c2cccc(C(F)(F)F)c2)c1. The van der Waals surface area contributed by atoms with Crippen molar-refractivity contribution in [3.63, 3.8) is 0 Å². The summed E-state index contributed by atoms with van der Waals surface area (Å²) >= 11 is 3.21. The Balaban J connectivity index is 2.56. The van der Waals surface area contributed by atoms with Crippen molar-refractivity contribution in [2.75, 3.05) is 5.33 Å². The molecule has 0 aromatic heterocycles. The largest absolute Gasteiger partial charge is 0.416 e. The number of alkyl halides is 7. The molecule has 0 aliphatic rings. The van der Waals surface area contributed by atoms with Crippen LogP contribution in [0.3, 0.4) is 0 Å². The van der Waals surface area contributed by atoms with Crippen LogP contribution in [0.4, 0.5) is 26.3 Å². The van der Waals surface area contributed by atoms with Crippen LogP contribution >= 0.6 is 15.9 Å². The minimum absolute atomic E-state index is 0.218. The first-order valence-electron chi connectivity index (χ1n) is 7.24. The van der Waals surface area contributed by atoms with E-state index in [1.165, 1.54) is 24.3 Å². The minimum atomic E-state index is -4.52. The lowest BCUT2D eigenvalue weighted by Crippen LogP contribution is -2.06. The molecule has 0 nitrogen and oxygen atoms in total. The van der Waals surface area contributed by atoms with Crippen molar-refractivity contribution in [1.29, 1.82) is 0 Å². The van der Waals surface area contributed by atoms with Crippen LogP contribution < -0.4 is 0 Å². The molecular formula is C18H13BrF6. The molecule has 7 heteroatoms. The maximum atomic E-state index is 12.9. The highest BCUT2D eigenvalue weighted by molar-refractivity contribution is 9.09. The van der Waals surface area contributed by atoms with Gasteiger partial charge >= 0.3 is 12.4 Å². The zero-order chi connectivity index (χ0) is 18.7. The van der Waals surface area contributed by atoms with E-state index in [1.807, 2.05) is 0 Å². The van der Waals surface area contributed by atoms with Crippen molar-refractivity contribution in [3.8, 4) is 0 Å². The predicted octanol–water partition coefficient (Wildman–Crippen LogP) is 6.94. The van der Waals surface area contributed by atoms with Gasteiger partial charge in [0.1, 0.15) is 0 Å². The van der Waals surface area contributed by atoms with Crippen molar-refractivity contribution in [2.45, 2.75) is 18.8 Å². The standard InChI is InChI=1S/C18H13BrF6/c19-9-3-8-16(12-4-1-6-14(10-12)17(20,21)22)13-5-2-7-15(11-13)18(23,24)25/h1-2,4-8,10-11H,3,9H2. The van der Waals surface area contributed by atoms with Crippen LogP contribution in [0.1, 0.15) is 28.7 Å². The van der Waals surface area contributed by atoms with Gasteiger partial charge < -0.3 is 0 Å². The second kappa shape index (κ2) is 7.64. The van der Waals surface area contributed by atoms with Crippen molar-refractivity contribution < 1.29 is 26.3 Å². The number of hydrogen-bond acceptors (Lipinski definition) is 0. The zero-order valence-corrected chi connectivity index (χ0v) is 14.3. The van der Waals surface area contributed by atoms with Gasteiger partial charge in [0, 0.05) is 5.33 Å². The molecule has 134 valence electrons. The molecule has 0 bridgehead atoms. The number of allylic oxidation sites excluding steroid dienone is 1. The van der Waals surface area contributed by atoms with Gasteiger partial charge in [-0.05, 0) is 47.4 Å². The summed E-state index contributed by atoms with van der Waals surface area (Å²) in [6.45, 7) is 0. The molecule has 0 saturated heterocycles. The van der Waals surface area contributed by atoms with E-state index in [0.29, 0.717) is 17.3 Å². The Bertz CT molecular complexity index is 699. The van der Waals surface area contributed by atoms with Gasteiger partial charge in [-0.1, -0.05) is 46.3 Å². The molecule has 0 unspecified atom stereocenters. The lowest BCUT2D eigenvalue weighted by Gasteiger charge is -2.14. The van der Waals surface area contributed by atoms with Crippen LogP contribution in [0.2, 0.25) is 0 Å². The average molecular weight is 423 g/mol. The molecular weight excluding hydrogens is 410 g/mol. The lowest BCUT2D eigenvalue weighted by atomic mass is 9.94. The Labute approximate surface area is 149 Å². The van der Waals surface area contributed by atoms with Crippen LogP contribution in [0.5, 0.6) is 0 Å². The molecule has 0 saturated carbocycles. The summed E-state index contributed by atoms with van der Waals surface area (Å²) in [6, 6.07) is 9.14. The third kappa shape index (κ3) is 5.11. The van der Waals surface area contributed by atoms with E-state index in [2.05, 4.69) is 15.9 Å². The Morgan fingerprint density at radius 2 is 1.24 bits per heavy atom. The quantitative estimate of drug-likeness (QED) is 0.369. The Morgan fingerprint density at radius 1 is 0.800 bits per heavy atom. The molecule has 0 N–H and O–H groups in total. The van der Waals surface area contributed by atoms with E-state index in [4.69, 9.17) is 0 Å². The van der Waals surface area contributed by atoms with Crippen LogP contribution in [0.25, 0.3) is 5.57 Å². The highest BCUT2D eigenvalue weighted by atomic mass is 79.9. The molecule has 0 aliphatic heterocycles. The van der Waals surface area contributed by atoms with E-state index in [-0.39, 0.29) is 11.1 Å². The molecule has 0 radical (unpaired) electrons. The first kappa shape index (κ1) is 19.6. The van der Waals surface area contributed by atoms with Gasteiger partial charge in [-0.3, -0.25) is 0 Å². The van der Waals surface area contributed by atoms with Crippen LogP contribution in [0.15, 0.2) is 54.6 Å². The Morgan fingerprint density at radius 3 is 1.60 bits per heavy atom. The van der Waals surface area contributed by atoms with Crippen molar-refractivity contribution in [3.05, 3.63) is 76.9 Å². The molecule has 2 aromatic rings. The molecule has 0 aliphatic carbocycles. The third-order valence-electron chi connectivity index (χ3n) is 3.46. The third-order valence-corrected chi connectivity index (χ3v) is 3.92. The number of halogens is 7. The summed E-state index contributed by atoms with van der Waals surface area (Å²) < 4.78 is 77.6. The first-order chi connectivity index (χ1) is 11.6. The average Bonchev–Trinajstić information content (AvgIpc) is 2.54. The van der Waals surface area contributed by atoms with Crippen molar-refractivity contribution in [1.82, 2.24) is 0 Å². The Hall–Kier alpha value is -1.76. The second-order valence-corrected chi connectivity index (χ2v) is 6.05. The zero-order valence-electron chi connectivity index (χ0n) is 12.8. The van der Waals surface area contributed by atoms with Crippen LogP contribution in [-0.4, -0.2) is 5.33 Å². The number of hydrogen-bond donors (Lipinski definition) is 0. The summed E-state index contributed by atoms with van der Waals surface area (Å²) in [5.74, 6) is 0. The maximum absolute atomic E-state index is 12.9. The highest BCUT2D eigenvalue weighted by Crippen LogP contribution is 2.35. The van der Waals surface area contributed by atoms with Gasteiger partial charge in [0.05, 0.1) is 11.1 Å². The minimum Gasteiger partial charge on any atom is -0.166 e. The maximum Gasteiger partial charge on any atom is 0.416 e. The van der Waals surface area contributed by atoms with Crippen molar-refractivity contribution in [2.24, 2.45) is 0 Å². The lowest BCUT2D eigenvalue weighted by molar-refractivity contribution is -0.138. The summed E-state index contributed by atoms with van der Waals surface area (Å²) in [5.41, 5.74) is -0.926. The summed E-state index contributed by atoms with van der Waals surface area (Å²) in [7, 11) is 0. The summed E-state index contributed by atoms with van der Waals surface area (Å²) in [6.07, 6.45) is -6.96. The van der Waals surface area contributed by atoms with E-state index in [9.17, 15) is 26.3 Å². The molecule has 0 fully saturated rings. The molecule has 0 heterocycles. The van der Waals surface area contributed by atoms with E-state index < -0.39 is 23.5 Å². The fourth-order valence-corrected chi connectivity index (χ4v) is 2.56. The molecule has 0 amide bonds. The normalized spacial score (nSPS) is 12.1. The second-order valence-electron chi connectivity index (χ2n) is 5.25. The topological polar surface area (TPSA) is 0 Å². The van der Waals surface area contributed by atoms with Gasteiger partial charge in [0.15, 0.2) is 0 Å². The van der Waals surface area contributed by atoms with E-state index in [1.54, 1.807) is 6.08 Å². The molecule has 2 aromatic carbocycles. The molecule has 25 heavy (non-hydrogen) atoms. The molecule has 0 spiro atoms. The fourth-order valence-electron chi connectivity index (χ4n) is 2.33. The van der Waals surface area contributed by atoms with Gasteiger partial charge in [0.25, 0.3) is 0 Å². The van der Waals surface area contributed by atoms with E-state index in [0.717, 1.165) is 24.3 Å². The number of rotatable bonds is 4. The molecule has 0 atom stereocenters. The Kier molecular flexibility index (Phi) is 5.98.